The van der Waals surface area contributed by atoms with Crippen molar-refractivity contribution in [1.29, 1.82) is 0 Å². The molecular weight excluding hydrogens is 366 g/mol. The van der Waals surface area contributed by atoms with Crippen molar-refractivity contribution < 1.29 is 9.53 Å². The minimum Gasteiger partial charge on any atom is -0.380 e. The summed E-state index contributed by atoms with van der Waals surface area (Å²) < 4.78 is 5.38. The number of amides is 1. The summed E-state index contributed by atoms with van der Waals surface area (Å²) in [5, 5.41) is 8.05. The van der Waals surface area contributed by atoms with Crippen LogP contribution in [0.2, 0.25) is 0 Å². The van der Waals surface area contributed by atoms with Gasteiger partial charge in [-0.05, 0) is 30.7 Å². The highest BCUT2D eigenvalue weighted by Gasteiger charge is 2.31. The van der Waals surface area contributed by atoms with Crippen LogP contribution in [0.15, 0.2) is 22.9 Å². The van der Waals surface area contributed by atoms with Crippen molar-refractivity contribution in [2.45, 2.75) is 38.0 Å². The minimum atomic E-state index is -0.0239. The Labute approximate surface area is 156 Å². The summed E-state index contributed by atoms with van der Waals surface area (Å²) in [6, 6.07) is 4.11. The Morgan fingerprint density at radius 2 is 2.29 bits per heavy atom. The van der Waals surface area contributed by atoms with E-state index in [0.29, 0.717) is 13.0 Å². The third kappa shape index (κ3) is 4.55. The second kappa shape index (κ2) is 8.92. The molecule has 8 heteroatoms. The zero-order chi connectivity index (χ0) is 16.2. The SMILES string of the molecule is CO[C@H]1C[C@@H](C(=O)NCc2csc(-c3cccs3)n2)CC[C@@H]1N.Cl. The van der Waals surface area contributed by atoms with Gasteiger partial charge in [0.2, 0.25) is 5.91 Å². The molecule has 1 saturated carbocycles. The summed E-state index contributed by atoms with van der Waals surface area (Å²) in [5.74, 6) is 0.0553. The van der Waals surface area contributed by atoms with Crippen LogP contribution in [-0.4, -0.2) is 30.1 Å². The molecule has 0 spiro atoms. The average Bonchev–Trinajstić information content (AvgIpc) is 3.24. The molecule has 24 heavy (non-hydrogen) atoms. The van der Waals surface area contributed by atoms with Gasteiger partial charge in [-0.25, -0.2) is 4.98 Å². The molecule has 0 aromatic carbocycles. The molecule has 1 aliphatic rings. The lowest BCUT2D eigenvalue weighted by atomic mass is 9.83. The number of halogens is 1. The Kier molecular flexibility index (Phi) is 7.18. The number of carbonyl (C=O) groups excluding carboxylic acids is 1. The molecular formula is C16H22ClN3O2S2. The van der Waals surface area contributed by atoms with E-state index in [-0.39, 0.29) is 36.4 Å². The molecule has 0 radical (unpaired) electrons. The number of ether oxygens (including phenoxy) is 1. The number of hydrogen-bond donors (Lipinski definition) is 2. The summed E-state index contributed by atoms with van der Waals surface area (Å²) >= 11 is 3.28. The first kappa shape index (κ1) is 19.3. The molecule has 2 aromatic rings. The largest absolute Gasteiger partial charge is 0.380 e. The second-order valence-corrected chi connectivity index (χ2v) is 7.59. The molecule has 0 saturated heterocycles. The standard InChI is InChI=1S/C16H21N3O2S2.ClH/c1-21-13-7-10(4-5-12(13)17)15(20)18-8-11-9-23-16(19-11)14-3-2-6-22-14;/h2-3,6,9-10,12-13H,4-5,7-8,17H2,1H3,(H,18,20);1H/t10-,12-,13-;/m0./s1. The number of thiophene rings is 1. The summed E-state index contributed by atoms with van der Waals surface area (Å²) in [7, 11) is 1.66. The van der Waals surface area contributed by atoms with Gasteiger partial charge in [0.25, 0.3) is 0 Å². The molecule has 0 unspecified atom stereocenters. The van der Waals surface area contributed by atoms with Crippen molar-refractivity contribution in [1.82, 2.24) is 10.3 Å². The first-order valence-electron chi connectivity index (χ1n) is 7.71. The van der Waals surface area contributed by atoms with Crippen LogP contribution < -0.4 is 11.1 Å². The maximum Gasteiger partial charge on any atom is 0.223 e. The predicted molar refractivity (Wildman–Crippen MR) is 101 cm³/mol. The third-order valence-corrected chi connectivity index (χ3v) is 6.17. The topological polar surface area (TPSA) is 77.2 Å². The Balaban J connectivity index is 0.00000208. The fraction of sp³-hybridized carbons (Fsp3) is 0.500. The van der Waals surface area contributed by atoms with Crippen LogP contribution in [0.25, 0.3) is 9.88 Å². The van der Waals surface area contributed by atoms with Crippen LogP contribution in [0.4, 0.5) is 0 Å². The molecule has 1 fully saturated rings. The summed E-state index contributed by atoms with van der Waals surface area (Å²) in [6.45, 7) is 0.473. The molecule has 1 aliphatic carbocycles. The van der Waals surface area contributed by atoms with Crippen molar-refractivity contribution >= 4 is 41.0 Å². The zero-order valence-corrected chi connectivity index (χ0v) is 15.9. The van der Waals surface area contributed by atoms with Crippen LogP contribution in [0.5, 0.6) is 0 Å². The van der Waals surface area contributed by atoms with E-state index >= 15 is 0 Å². The maximum atomic E-state index is 12.3. The number of rotatable bonds is 5. The molecule has 2 aromatic heterocycles. The molecule has 1 amide bonds. The Morgan fingerprint density at radius 1 is 1.46 bits per heavy atom. The van der Waals surface area contributed by atoms with Gasteiger partial charge < -0.3 is 15.8 Å². The van der Waals surface area contributed by atoms with Gasteiger partial charge in [-0.3, -0.25) is 4.79 Å². The molecule has 0 aliphatic heterocycles. The van der Waals surface area contributed by atoms with Gasteiger partial charge in [0, 0.05) is 24.4 Å². The number of carbonyl (C=O) groups is 1. The van der Waals surface area contributed by atoms with Crippen molar-refractivity contribution in [3.8, 4) is 9.88 Å². The van der Waals surface area contributed by atoms with Crippen molar-refractivity contribution in [2.24, 2.45) is 11.7 Å². The van der Waals surface area contributed by atoms with E-state index in [4.69, 9.17) is 10.5 Å². The lowest BCUT2D eigenvalue weighted by Gasteiger charge is -2.32. The normalized spacial score (nSPS) is 23.5. The van der Waals surface area contributed by atoms with Gasteiger partial charge in [0.05, 0.1) is 23.2 Å². The van der Waals surface area contributed by atoms with E-state index in [1.807, 2.05) is 16.8 Å². The van der Waals surface area contributed by atoms with Gasteiger partial charge in [-0.15, -0.1) is 35.1 Å². The molecule has 3 rings (SSSR count). The Hall–Kier alpha value is -0.990. The van der Waals surface area contributed by atoms with E-state index in [9.17, 15) is 4.79 Å². The Morgan fingerprint density at radius 3 is 3.00 bits per heavy atom. The van der Waals surface area contributed by atoms with Gasteiger partial charge in [0.15, 0.2) is 0 Å². The number of nitrogens with zero attached hydrogens (tertiary/aromatic N) is 1. The number of hydrogen-bond acceptors (Lipinski definition) is 6. The maximum absolute atomic E-state index is 12.3. The second-order valence-electron chi connectivity index (χ2n) is 5.79. The minimum absolute atomic E-state index is 0. The van der Waals surface area contributed by atoms with Crippen molar-refractivity contribution in [3.63, 3.8) is 0 Å². The molecule has 0 bridgehead atoms. The number of nitrogens with two attached hydrogens (primary N) is 1. The zero-order valence-electron chi connectivity index (χ0n) is 13.4. The van der Waals surface area contributed by atoms with Crippen LogP contribution in [-0.2, 0) is 16.1 Å². The molecule has 5 nitrogen and oxygen atoms in total. The highest BCUT2D eigenvalue weighted by molar-refractivity contribution is 7.20. The molecule has 3 atom stereocenters. The average molecular weight is 388 g/mol. The highest BCUT2D eigenvalue weighted by Crippen LogP contribution is 2.28. The van der Waals surface area contributed by atoms with Gasteiger partial charge in [-0.1, -0.05) is 6.07 Å². The molecule has 132 valence electrons. The van der Waals surface area contributed by atoms with Gasteiger partial charge in [-0.2, -0.15) is 0 Å². The quantitative estimate of drug-likeness (QED) is 0.826. The summed E-state index contributed by atoms with van der Waals surface area (Å²) in [4.78, 5) is 18.1. The van der Waals surface area contributed by atoms with E-state index in [1.165, 1.54) is 0 Å². The van der Waals surface area contributed by atoms with Gasteiger partial charge >= 0.3 is 0 Å². The monoisotopic (exact) mass is 387 g/mol. The number of aromatic nitrogens is 1. The van der Waals surface area contributed by atoms with Crippen molar-refractivity contribution in [2.75, 3.05) is 7.11 Å². The smallest absolute Gasteiger partial charge is 0.223 e. The third-order valence-electron chi connectivity index (χ3n) is 4.24. The summed E-state index contributed by atoms with van der Waals surface area (Å²) in [5.41, 5.74) is 6.91. The number of methoxy groups -OCH3 is 1. The van der Waals surface area contributed by atoms with E-state index in [2.05, 4.69) is 16.4 Å². The van der Waals surface area contributed by atoms with Crippen LogP contribution in [0.3, 0.4) is 0 Å². The highest BCUT2D eigenvalue weighted by atomic mass is 35.5. The van der Waals surface area contributed by atoms with Crippen LogP contribution in [0, 0.1) is 5.92 Å². The lowest BCUT2D eigenvalue weighted by molar-refractivity contribution is -0.128. The fourth-order valence-electron chi connectivity index (χ4n) is 2.89. The van der Waals surface area contributed by atoms with E-state index in [0.717, 1.165) is 28.4 Å². The predicted octanol–water partition coefficient (Wildman–Crippen LogP) is 3.05. The Bertz CT molecular complexity index is 648. The van der Waals surface area contributed by atoms with E-state index < -0.39 is 0 Å². The first-order valence-corrected chi connectivity index (χ1v) is 9.47. The fourth-order valence-corrected chi connectivity index (χ4v) is 4.52. The van der Waals surface area contributed by atoms with Crippen LogP contribution >= 0.6 is 35.1 Å². The van der Waals surface area contributed by atoms with Crippen LogP contribution in [0.1, 0.15) is 25.0 Å². The van der Waals surface area contributed by atoms with E-state index in [1.54, 1.807) is 29.8 Å². The first-order chi connectivity index (χ1) is 11.2. The lowest BCUT2D eigenvalue weighted by Crippen LogP contribution is -2.45. The molecule has 2 heterocycles. The number of thiazole rings is 1. The van der Waals surface area contributed by atoms with Gasteiger partial charge in [0.1, 0.15) is 5.01 Å². The number of nitrogens with one attached hydrogen (secondary N) is 1. The summed E-state index contributed by atoms with van der Waals surface area (Å²) in [6.07, 6.45) is 2.32. The molecule has 3 N–H and O–H groups in total. The van der Waals surface area contributed by atoms with Crippen molar-refractivity contribution in [3.05, 3.63) is 28.6 Å².